The van der Waals surface area contributed by atoms with E-state index in [1.807, 2.05) is 55.5 Å². The van der Waals surface area contributed by atoms with Crippen LogP contribution in [0.1, 0.15) is 38.0 Å². The maximum Gasteiger partial charge on any atom is 0.305 e. The Morgan fingerprint density at radius 1 is 0.867 bits per heavy atom. The molecule has 7 heteroatoms. The highest BCUT2D eigenvalue weighted by atomic mass is 16.5. The van der Waals surface area contributed by atoms with Crippen LogP contribution in [-0.2, 0) is 6.61 Å². The van der Waals surface area contributed by atoms with Crippen molar-refractivity contribution in [2.45, 2.75) is 20.5 Å². The molecule has 4 rings (SSSR count). The molecule has 2 heterocycles. The Kier molecular flexibility index (Phi) is 5.26. The van der Waals surface area contributed by atoms with E-state index < -0.39 is 11.8 Å². The number of furan rings is 2. The number of hydrogen-bond acceptors (Lipinski definition) is 5. The molecule has 2 amide bonds. The number of hydrogen-bond donors (Lipinski definition) is 2. The molecule has 0 radical (unpaired) electrons. The first-order valence-corrected chi connectivity index (χ1v) is 9.39. The minimum atomic E-state index is -0.584. The summed E-state index contributed by atoms with van der Waals surface area (Å²) >= 11 is 0. The van der Waals surface area contributed by atoms with Crippen LogP contribution in [0.15, 0.2) is 69.5 Å². The van der Waals surface area contributed by atoms with Crippen molar-refractivity contribution in [3.8, 4) is 5.75 Å². The standard InChI is InChI=1S/C23H20N2O5/c1-14-7-6-10-18-15(2)21(30-20(14)18)23(27)25-24-22(26)19-12-11-17(29-19)13-28-16-8-4-3-5-9-16/h3-12H,13H2,1-2H3,(H,24,26)(H,25,27). The van der Waals surface area contributed by atoms with Gasteiger partial charge >= 0.3 is 11.8 Å². The van der Waals surface area contributed by atoms with Crippen LogP contribution < -0.4 is 15.6 Å². The zero-order chi connectivity index (χ0) is 21.1. The number of hydrazine groups is 1. The zero-order valence-corrected chi connectivity index (χ0v) is 16.5. The lowest BCUT2D eigenvalue weighted by Gasteiger charge is -2.05. The van der Waals surface area contributed by atoms with E-state index in [4.69, 9.17) is 13.6 Å². The molecule has 0 aliphatic rings. The molecule has 0 fully saturated rings. The Morgan fingerprint density at radius 3 is 2.40 bits per heavy atom. The van der Waals surface area contributed by atoms with Gasteiger partial charge in [-0.2, -0.15) is 0 Å². The van der Waals surface area contributed by atoms with Gasteiger partial charge in [-0.25, -0.2) is 0 Å². The van der Waals surface area contributed by atoms with Gasteiger partial charge in [0.2, 0.25) is 0 Å². The number of ether oxygens (including phenoxy) is 1. The van der Waals surface area contributed by atoms with Crippen LogP contribution in [0.2, 0.25) is 0 Å². The summed E-state index contributed by atoms with van der Waals surface area (Å²) in [6, 6.07) is 18.1. The number of carbonyl (C=O) groups is 2. The van der Waals surface area contributed by atoms with E-state index in [-0.39, 0.29) is 18.1 Å². The van der Waals surface area contributed by atoms with E-state index in [9.17, 15) is 9.59 Å². The Balaban J connectivity index is 1.37. The van der Waals surface area contributed by atoms with Gasteiger partial charge in [-0.3, -0.25) is 20.4 Å². The fourth-order valence-electron chi connectivity index (χ4n) is 3.08. The Morgan fingerprint density at radius 2 is 1.63 bits per heavy atom. The summed E-state index contributed by atoms with van der Waals surface area (Å²) in [5, 5.41) is 0.862. The molecule has 0 aliphatic carbocycles. The fraction of sp³-hybridized carbons (Fsp3) is 0.130. The maximum absolute atomic E-state index is 12.5. The SMILES string of the molecule is Cc1c(C(=O)NNC(=O)c2ccc(COc3ccccc3)o2)oc2c(C)cccc12. The molecule has 4 aromatic rings. The van der Waals surface area contributed by atoms with E-state index in [1.165, 1.54) is 6.07 Å². The third kappa shape index (κ3) is 3.91. The number of nitrogens with one attached hydrogen (secondary N) is 2. The second-order valence-electron chi connectivity index (χ2n) is 6.78. The first-order chi connectivity index (χ1) is 14.5. The molecule has 2 N–H and O–H groups in total. The van der Waals surface area contributed by atoms with E-state index in [1.54, 1.807) is 13.0 Å². The van der Waals surface area contributed by atoms with Crippen LogP contribution in [-0.4, -0.2) is 11.8 Å². The van der Waals surface area contributed by atoms with Gasteiger partial charge in [0.25, 0.3) is 0 Å². The lowest BCUT2D eigenvalue weighted by Crippen LogP contribution is -2.41. The quantitative estimate of drug-likeness (QED) is 0.484. The highest BCUT2D eigenvalue weighted by Gasteiger charge is 2.20. The molecule has 0 aliphatic heterocycles. The lowest BCUT2D eigenvalue weighted by atomic mass is 10.1. The van der Waals surface area contributed by atoms with Crippen LogP contribution >= 0.6 is 0 Å². The van der Waals surface area contributed by atoms with Gasteiger partial charge in [0.05, 0.1) is 0 Å². The lowest BCUT2D eigenvalue weighted by molar-refractivity contribution is 0.0815. The largest absolute Gasteiger partial charge is 0.486 e. The summed E-state index contributed by atoms with van der Waals surface area (Å²) in [4.78, 5) is 24.8. The summed E-state index contributed by atoms with van der Waals surface area (Å²) in [7, 11) is 0. The summed E-state index contributed by atoms with van der Waals surface area (Å²) in [5.41, 5.74) is 6.99. The van der Waals surface area contributed by atoms with Crippen molar-refractivity contribution < 1.29 is 23.2 Å². The van der Waals surface area contributed by atoms with Crippen molar-refractivity contribution in [1.29, 1.82) is 0 Å². The normalized spacial score (nSPS) is 10.7. The van der Waals surface area contributed by atoms with Crippen LogP contribution in [0.3, 0.4) is 0 Å². The van der Waals surface area contributed by atoms with E-state index >= 15 is 0 Å². The van der Waals surface area contributed by atoms with Gasteiger partial charge in [0.15, 0.2) is 11.5 Å². The monoisotopic (exact) mass is 404 g/mol. The number of fused-ring (bicyclic) bond motifs is 1. The molecule has 0 unspecified atom stereocenters. The predicted molar refractivity (Wildman–Crippen MR) is 110 cm³/mol. The average molecular weight is 404 g/mol. The summed E-state index contributed by atoms with van der Waals surface area (Å²) in [5.74, 6) is 0.257. The molecule has 30 heavy (non-hydrogen) atoms. The Labute approximate surface area is 172 Å². The van der Waals surface area contributed by atoms with Gasteiger partial charge < -0.3 is 13.6 Å². The molecule has 0 saturated heterocycles. The second kappa shape index (κ2) is 8.16. The first-order valence-electron chi connectivity index (χ1n) is 9.39. The van der Waals surface area contributed by atoms with Crippen molar-refractivity contribution in [2.24, 2.45) is 0 Å². The third-order valence-electron chi connectivity index (χ3n) is 4.67. The molecule has 0 spiro atoms. The first kappa shape index (κ1) is 19.3. The highest BCUT2D eigenvalue weighted by molar-refractivity contribution is 6.01. The number of benzene rings is 2. The molecular weight excluding hydrogens is 384 g/mol. The predicted octanol–water partition coefficient (Wildman–Crippen LogP) is 4.30. The summed E-state index contributed by atoms with van der Waals surface area (Å²) in [6.07, 6.45) is 0. The molecule has 7 nitrogen and oxygen atoms in total. The smallest absolute Gasteiger partial charge is 0.305 e. The van der Waals surface area contributed by atoms with Gasteiger partial charge in [-0.15, -0.1) is 0 Å². The molecule has 2 aromatic carbocycles. The minimum Gasteiger partial charge on any atom is -0.486 e. The van der Waals surface area contributed by atoms with Crippen LogP contribution in [0.4, 0.5) is 0 Å². The maximum atomic E-state index is 12.5. The second-order valence-corrected chi connectivity index (χ2v) is 6.78. The minimum absolute atomic E-state index is 0.0548. The number of aryl methyl sites for hydroxylation is 2. The summed E-state index contributed by atoms with van der Waals surface area (Å²) in [6.45, 7) is 3.89. The number of para-hydroxylation sites is 2. The molecule has 0 atom stereocenters. The van der Waals surface area contributed by atoms with Crippen molar-refractivity contribution in [2.75, 3.05) is 0 Å². The van der Waals surface area contributed by atoms with E-state index in [0.29, 0.717) is 22.7 Å². The third-order valence-corrected chi connectivity index (χ3v) is 4.67. The fourth-order valence-corrected chi connectivity index (χ4v) is 3.08. The molecule has 2 aromatic heterocycles. The topological polar surface area (TPSA) is 93.7 Å². The van der Waals surface area contributed by atoms with Gasteiger partial charge in [-0.1, -0.05) is 36.4 Å². The summed E-state index contributed by atoms with van der Waals surface area (Å²) < 4.78 is 16.8. The number of amides is 2. The van der Waals surface area contributed by atoms with E-state index in [0.717, 1.165) is 10.9 Å². The molecule has 152 valence electrons. The zero-order valence-electron chi connectivity index (χ0n) is 16.5. The van der Waals surface area contributed by atoms with Gasteiger partial charge in [-0.05, 0) is 43.7 Å². The van der Waals surface area contributed by atoms with E-state index in [2.05, 4.69) is 10.9 Å². The van der Waals surface area contributed by atoms with Gasteiger partial charge in [0, 0.05) is 10.9 Å². The van der Waals surface area contributed by atoms with Crippen LogP contribution in [0.25, 0.3) is 11.0 Å². The van der Waals surface area contributed by atoms with Crippen LogP contribution in [0, 0.1) is 13.8 Å². The molecule has 0 saturated carbocycles. The van der Waals surface area contributed by atoms with Crippen molar-refractivity contribution in [1.82, 2.24) is 10.9 Å². The van der Waals surface area contributed by atoms with Crippen molar-refractivity contribution in [3.05, 3.63) is 89.1 Å². The van der Waals surface area contributed by atoms with Gasteiger partial charge in [0.1, 0.15) is 23.7 Å². The molecule has 0 bridgehead atoms. The van der Waals surface area contributed by atoms with Crippen molar-refractivity contribution in [3.63, 3.8) is 0 Å². The Hall–Kier alpha value is -4.00. The number of carbonyl (C=O) groups excluding carboxylic acids is 2. The molecular formula is C23H20N2O5. The average Bonchev–Trinajstić information content (AvgIpc) is 3.37. The highest BCUT2D eigenvalue weighted by Crippen LogP contribution is 2.27. The number of rotatable bonds is 5. The van der Waals surface area contributed by atoms with Crippen LogP contribution in [0.5, 0.6) is 5.75 Å². The van der Waals surface area contributed by atoms with Crippen molar-refractivity contribution >= 4 is 22.8 Å². The Bertz CT molecular complexity index is 1210.